The van der Waals surface area contributed by atoms with E-state index in [2.05, 4.69) is 26.7 Å². The molecule has 0 aliphatic carbocycles. The molecule has 0 bridgehead atoms. The summed E-state index contributed by atoms with van der Waals surface area (Å²) in [4.78, 5) is 0. The topological polar surface area (TPSA) is 36.9 Å². The van der Waals surface area contributed by atoms with Crippen molar-refractivity contribution in [3.8, 4) is 11.5 Å². The van der Waals surface area contributed by atoms with E-state index in [1.165, 1.54) is 12.1 Å². The molecule has 174 valence electrons. The molecule has 1 saturated heterocycles. The zero-order chi connectivity index (χ0) is 23.3. The fourth-order valence-corrected chi connectivity index (χ4v) is 3.83. The molecule has 0 spiro atoms. The third-order valence-corrected chi connectivity index (χ3v) is 5.54. The summed E-state index contributed by atoms with van der Waals surface area (Å²) in [5.74, 6) is -4.12. The number of allylic oxidation sites excluding steroid dienone is 2. The lowest BCUT2D eigenvalue weighted by atomic mass is 9.94. The lowest BCUT2D eigenvalue weighted by Crippen LogP contribution is -2.30. The molecule has 0 radical (unpaired) electrons. The Kier molecular flexibility index (Phi) is 8.07. The molecule has 1 aromatic carbocycles. The van der Waals surface area contributed by atoms with Gasteiger partial charge in [-0.05, 0) is 36.8 Å². The van der Waals surface area contributed by atoms with E-state index in [1.54, 1.807) is 0 Å². The van der Waals surface area contributed by atoms with Crippen molar-refractivity contribution in [2.75, 3.05) is 19.8 Å². The number of rotatable bonds is 9. The van der Waals surface area contributed by atoms with E-state index in [9.17, 15) is 13.2 Å². The maximum absolute atomic E-state index is 14.8. The van der Waals surface area contributed by atoms with Crippen LogP contribution in [0.15, 0.2) is 54.8 Å². The highest BCUT2D eigenvalue weighted by Gasteiger charge is 2.30. The van der Waals surface area contributed by atoms with Gasteiger partial charge in [0.05, 0.1) is 6.10 Å². The van der Waals surface area contributed by atoms with Gasteiger partial charge in [0, 0.05) is 18.6 Å². The van der Waals surface area contributed by atoms with Crippen molar-refractivity contribution in [3.05, 3.63) is 72.0 Å². The highest BCUT2D eigenvalue weighted by Crippen LogP contribution is 2.41. The number of hydrogen-bond donors (Lipinski definition) is 0. The van der Waals surface area contributed by atoms with Gasteiger partial charge >= 0.3 is 0 Å². The third-order valence-electron chi connectivity index (χ3n) is 5.54. The minimum Gasteiger partial charge on any atom is -0.488 e. The Balaban J connectivity index is 1.72. The second-order valence-electron chi connectivity index (χ2n) is 8.04. The second-order valence-corrected chi connectivity index (χ2v) is 8.04. The average Bonchev–Trinajstić information content (AvgIpc) is 2.79. The molecule has 2 atom stereocenters. The third kappa shape index (κ3) is 5.38. The molecule has 0 saturated carbocycles. The number of ether oxygens (including phenoxy) is 4. The van der Waals surface area contributed by atoms with E-state index in [4.69, 9.17) is 18.9 Å². The second kappa shape index (κ2) is 10.8. The van der Waals surface area contributed by atoms with Crippen LogP contribution in [0.1, 0.15) is 38.2 Å². The van der Waals surface area contributed by atoms with Crippen LogP contribution >= 0.6 is 0 Å². The Morgan fingerprint density at radius 1 is 1.28 bits per heavy atom. The van der Waals surface area contributed by atoms with Crippen molar-refractivity contribution in [2.24, 2.45) is 5.92 Å². The van der Waals surface area contributed by atoms with Crippen molar-refractivity contribution >= 4 is 0 Å². The first-order valence-electron chi connectivity index (χ1n) is 10.8. The molecule has 0 amide bonds. The standard InChI is InChI=1S/C25H29F3O4/c1-5-7-17-8-9-19(30-13-17)14-31-20-12-18-11-15(3)24(21(26)16(4)29-10-6-2)32-25(18)23(28)22(20)27/h6,12,17,19H,2-5,7-11,13-14H2,1H3/b24-21-. The zero-order valence-corrected chi connectivity index (χ0v) is 18.4. The average molecular weight is 450 g/mol. The maximum atomic E-state index is 14.8. The Morgan fingerprint density at radius 3 is 2.72 bits per heavy atom. The molecule has 0 N–H and O–H groups in total. The predicted octanol–water partition coefficient (Wildman–Crippen LogP) is 6.33. The number of benzene rings is 1. The molecule has 1 fully saturated rings. The van der Waals surface area contributed by atoms with Gasteiger partial charge in [-0.3, -0.25) is 0 Å². The Labute approximate surface area is 187 Å². The van der Waals surface area contributed by atoms with Crippen molar-refractivity contribution < 1.29 is 32.1 Å². The Morgan fingerprint density at radius 2 is 2.06 bits per heavy atom. The lowest BCUT2D eigenvalue weighted by Gasteiger charge is -2.29. The van der Waals surface area contributed by atoms with E-state index in [-0.39, 0.29) is 48.6 Å². The van der Waals surface area contributed by atoms with Crippen molar-refractivity contribution in [3.63, 3.8) is 0 Å². The fraction of sp³-hybridized carbons (Fsp3) is 0.440. The van der Waals surface area contributed by atoms with Gasteiger partial charge in [-0.25, -0.2) is 0 Å². The summed E-state index contributed by atoms with van der Waals surface area (Å²) in [6.07, 6.45) is 5.38. The van der Waals surface area contributed by atoms with Crippen LogP contribution < -0.4 is 9.47 Å². The van der Waals surface area contributed by atoms with E-state index in [0.717, 1.165) is 25.7 Å². The molecule has 7 heteroatoms. The quantitative estimate of drug-likeness (QED) is 0.326. The minimum absolute atomic E-state index is 0.0379. The summed E-state index contributed by atoms with van der Waals surface area (Å²) in [5.41, 5.74) is 0.554. The van der Waals surface area contributed by atoms with Gasteiger partial charge in [-0.2, -0.15) is 13.2 Å². The molecule has 2 unspecified atom stereocenters. The molecule has 32 heavy (non-hydrogen) atoms. The van der Waals surface area contributed by atoms with Crippen LogP contribution in [0.2, 0.25) is 0 Å². The summed E-state index contributed by atoms with van der Waals surface area (Å²) >= 11 is 0. The van der Waals surface area contributed by atoms with E-state index in [0.29, 0.717) is 18.1 Å². The van der Waals surface area contributed by atoms with Crippen LogP contribution in [0.25, 0.3) is 0 Å². The molecule has 1 aromatic rings. The first-order valence-corrected chi connectivity index (χ1v) is 10.8. The summed E-state index contributed by atoms with van der Waals surface area (Å²) in [7, 11) is 0. The molecule has 0 aromatic heterocycles. The highest BCUT2D eigenvalue weighted by atomic mass is 19.2. The van der Waals surface area contributed by atoms with E-state index in [1.807, 2.05) is 0 Å². The molecule has 4 nitrogen and oxygen atoms in total. The SMILES string of the molecule is C=CCOC(=C)/C(F)=C1/Oc2c(cc(OCC3CCC(CCC)CO3)c(F)c2F)CC1=C. The van der Waals surface area contributed by atoms with Crippen molar-refractivity contribution in [2.45, 2.75) is 45.1 Å². The largest absolute Gasteiger partial charge is 0.488 e. The predicted molar refractivity (Wildman–Crippen MR) is 116 cm³/mol. The van der Waals surface area contributed by atoms with Crippen LogP contribution in [-0.2, 0) is 15.9 Å². The highest BCUT2D eigenvalue weighted by molar-refractivity contribution is 5.52. The van der Waals surface area contributed by atoms with Crippen LogP contribution in [-0.4, -0.2) is 25.9 Å². The summed E-state index contributed by atoms with van der Waals surface area (Å²) in [6.45, 7) is 13.7. The van der Waals surface area contributed by atoms with Crippen LogP contribution in [0.4, 0.5) is 13.2 Å². The van der Waals surface area contributed by atoms with E-state index < -0.39 is 23.2 Å². The van der Waals surface area contributed by atoms with Crippen molar-refractivity contribution in [1.29, 1.82) is 0 Å². The summed E-state index contributed by atoms with van der Waals surface area (Å²) in [6, 6.07) is 1.36. The van der Waals surface area contributed by atoms with Crippen LogP contribution in [0.5, 0.6) is 11.5 Å². The molecule has 2 aliphatic rings. The van der Waals surface area contributed by atoms with Gasteiger partial charge in [0.2, 0.25) is 17.5 Å². The molecule has 3 rings (SSSR count). The van der Waals surface area contributed by atoms with Gasteiger partial charge in [-0.15, -0.1) is 0 Å². The first kappa shape index (κ1) is 24.0. The zero-order valence-electron chi connectivity index (χ0n) is 18.4. The van der Waals surface area contributed by atoms with Gasteiger partial charge in [-0.1, -0.05) is 39.2 Å². The number of fused-ring (bicyclic) bond motifs is 1. The molecular formula is C25H29F3O4. The molecule has 2 heterocycles. The van der Waals surface area contributed by atoms with E-state index >= 15 is 0 Å². The van der Waals surface area contributed by atoms with Gasteiger partial charge < -0.3 is 18.9 Å². The monoisotopic (exact) mass is 450 g/mol. The maximum Gasteiger partial charge on any atom is 0.207 e. The lowest BCUT2D eigenvalue weighted by molar-refractivity contribution is -0.0397. The smallest absolute Gasteiger partial charge is 0.207 e. The van der Waals surface area contributed by atoms with Crippen LogP contribution in [0, 0.1) is 17.6 Å². The first-order chi connectivity index (χ1) is 15.3. The number of halogens is 3. The van der Waals surface area contributed by atoms with Gasteiger partial charge in [0.1, 0.15) is 13.2 Å². The molecule has 2 aliphatic heterocycles. The number of hydrogen-bond acceptors (Lipinski definition) is 4. The Bertz CT molecular complexity index is 914. The van der Waals surface area contributed by atoms with Crippen LogP contribution in [0.3, 0.4) is 0 Å². The molecular weight excluding hydrogens is 421 g/mol. The fourth-order valence-electron chi connectivity index (χ4n) is 3.83. The van der Waals surface area contributed by atoms with Crippen molar-refractivity contribution in [1.82, 2.24) is 0 Å². The summed E-state index contributed by atoms with van der Waals surface area (Å²) < 4.78 is 65.8. The van der Waals surface area contributed by atoms with Gasteiger partial charge in [0.15, 0.2) is 23.0 Å². The Hall–Kier alpha value is -2.67. The minimum atomic E-state index is -1.25. The summed E-state index contributed by atoms with van der Waals surface area (Å²) in [5, 5.41) is 0. The normalized spacial score (nSPS) is 21.9. The van der Waals surface area contributed by atoms with Gasteiger partial charge in [0.25, 0.3) is 0 Å².